The van der Waals surface area contributed by atoms with E-state index in [1.807, 2.05) is 18.2 Å². The predicted octanol–water partition coefficient (Wildman–Crippen LogP) is 2.18. The van der Waals surface area contributed by atoms with Crippen LogP contribution in [0.3, 0.4) is 0 Å². The van der Waals surface area contributed by atoms with Crippen LogP contribution in [0.5, 0.6) is 0 Å². The van der Waals surface area contributed by atoms with Gasteiger partial charge >= 0.3 is 0 Å². The van der Waals surface area contributed by atoms with Crippen LogP contribution in [0.25, 0.3) is 0 Å². The molecule has 2 atom stereocenters. The number of rotatable bonds is 7. The highest BCUT2D eigenvalue weighted by atomic mass is 16.3. The normalized spacial score (nSPS) is 19.4. The van der Waals surface area contributed by atoms with Gasteiger partial charge in [-0.25, -0.2) is 0 Å². The molecule has 20 heavy (non-hydrogen) atoms. The van der Waals surface area contributed by atoms with E-state index in [4.69, 9.17) is 5.73 Å². The van der Waals surface area contributed by atoms with Crippen molar-refractivity contribution in [2.75, 3.05) is 13.1 Å². The maximum Gasteiger partial charge on any atom is 0.0821 e. The van der Waals surface area contributed by atoms with Crippen molar-refractivity contribution in [1.82, 2.24) is 4.90 Å². The van der Waals surface area contributed by atoms with Crippen LogP contribution in [0.4, 0.5) is 0 Å². The predicted molar refractivity (Wildman–Crippen MR) is 83.6 cm³/mol. The second-order valence-corrected chi connectivity index (χ2v) is 5.95. The highest BCUT2D eigenvalue weighted by Crippen LogP contribution is 2.23. The van der Waals surface area contributed by atoms with E-state index in [1.165, 1.54) is 31.2 Å². The molecule has 112 valence electrons. The van der Waals surface area contributed by atoms with E-state index in [1.54, 1.807) is 0 Å². The van der Waals surface area contributed by atoms with E-state index < -0.39 is 6.10 Å². The average Bonchev–Trinajstić information content (AvgIpc) is 2.99. The third-order valence-electron chi connectivity index (χ3n) is 4.48. The first kappa shape index (κ1) is 15.5. The van der Waals surface area contributed by atoms with E-state index in [2.05, 4.69) is 24.0 Å². The van der Waals surface area contributed by atoms with E-state index in [9.17, 15) is 5.11 Å². The highest BCUT2D eigenvalue weighted by Gasteiger charge is 2.25. The number of hydrogen-bond donors (Lipinski definition) is 2. The monoisotopic (exact) mass is 276 g/mol. The minimum absolute atomic E-state index is 0.187. The Morgan fingerprint density at radius 2 is 1.90 bits per heavy atom. The summed E-state index contributed by atoms with van der Waals surface area (Å²) < 4.78 is 0. The van der Waals surface area contributed by atoms with Crippen molar-refractivity contribution in [2.24, 2.45) is 5.73 Å². The van der Waals surface area contributed by atoms with E-state index in [0.29, 0.717) is 12.6 Å². The molecule has 3 heteroatoms. The van der Waals surface area contributed by atoms with Crippen LogP contribution in [0.15, 0.2) is 30.3 Å². The molecule has 0 radical (unpaired) electrons. The highest BCUT2D eigenvalue weighted by molar-refractivity contribution is 5.16. The summed E-state index contributed by atoms with van der Waals surface area (Å²) in [5, 5.41) is 10.4. The number of nitrogens with zero attached hydrogens (tertiary/aromatic N) is 1. The van der Waals surface area contributed by atoms with Crippen molar-refractivity contribution in [3.63, 3.8) is 0 Å². The van der Waals surface area contributed by atoms with Crippen LogP contribution in [0.1, 0.15) is 38.2 Å². The summed E-state index contributed by atoms with van der Waals surface area (Å²) in [4.78, 5) is 2.41. The molecule has 0 saturated heterocycles. The van der Waals surface area contributed by atoms with Crippen LogP contribution in [-0.2, 0) is 6.42 Å². The van der Waals surface area contributed by atoms with Gasteiger partial charge in [0.25, 0.3) is 0 Å². The Morgan fingerprint density at radius 3 is 2.50 bits per heavy atom. The first-order valence-corrected chi connectivity index (χ1v) is 7.92. The lowest BCUT2D eigenvalue weighted by Gasteiger charge is -2.31. The van der Waals surface area contributed by atoms with Gasteiger partial charge in [0.2, 0.25) is 0 Å². The van der Waals surface area contributed by atoms with Crippen LogP contribution in [0, 0.1) is 0 Å². The molecular weight excluding hydrogens is 248 g/mol. The van der Waals surface area contributed by atoms with Gasteiger partial charge in [-0.2, -0.15) is 0 Å². The van der Waals surface area contributed by atoms with Gasteiger partial charge in [0.1, 0.15) is 0 Å². The molecule has 3 nitrogen and oxygen atoms in total. The minimum Gasteiger partial charge on any atom is -0.390 e. The van der Waals surface area contributed by atoms with Gasteiger partial charge < -0.3 is 10.8 Å². The Bertz CT molecular complexity index is 376. The standard InChI is InChI=1S/C17H28N2O/c1-2-19(15-10-6-7-11-15)13-17(20)16(18)12-14-8-4-3-5-9-14/h3-5,8-9,15-17,20H,2,6-7,10-13,18H2,1H3. The van der Waals surface area contributed by atoms with E-state index >= 15 is 0 Å². The maximum atomic E-state index is 10.4. The summed E-state index contributed by atoms with van der Waals surface area (Å²) >= 11 is 0. The fourth-order valence-electron chi connectivity index (χ4n) is 3.20. The number of likely N-dealkylation sites (N-methyl/N-ethyl adjacent to an activating group) is 1. The number of hydrogen-bond acceptors (Lipinski definition) is 3. The number of benzene rings is 1. The smallest absolute Gasteiger partial charge is 0.0821 e. The van der Waals surface area contributed by atoms with Crippen molar-refractivity contribution >= 4 is 0 Å². The van der Waals surface area contributed by atoms with Gasteiger partial charge in [-0.15, -0.1) is 0 Å². The minimum atomic E-state index is -0.448. The fourth-order valence-corrected chi connectivity index (χ4v) is 3.20. The van der Waals surface area contributed by atoms with Gasteiger partial charge in [-0.1, -0.05) is 50.1 Å². The number of aliphatic hydroxyl groups excluding tert-OH is 1. The number of nitrogens with two attached hydrogens (primary N) is 1. The van der Waals surface area contributed by atoms with Crippen LogP contribution in [-0.4, -0.2) is 41.3 Å². The molecule has 1 fully saturated rings. The zero-order chi connectivity index (χ0) is 14.4. The Hall–Kier alpha value is -0.900. The molecule has 1 aliphatic rings. The summed E-state index contributed by atoms with van der Waals surface area (Å²) in [5.74, 6) is 0. The van der Waals surface area contributed by atoms with Crippen LogP contribution in [0.2, 0.25) is 0 Å². The average molecular weight is 276 g/mol. The lowest BCUT2D eigenvalue weighted by atomic mass is 10.0. The topological polar surface area (TPSA) is 49.5 Å². The maximum absolute atomic E-state index is 10.4. The lowest BCUT2D eigenvalue weighted by molar-refractivity contribution is 0.0734. The molecule has 1 aromatic rings. The molecule has 2 rings (SSSR count). The van der Waals surface area contributed by atoms with E-state index in [-0.39, 0.29) is 6.04 Å². The molecule has 1 aliphatic carbocycles. The Kier molecular flexibility index (Phi) is 6.02. The van der Waals surface area contributed by atoms with Gasteiger partial charge in [0.15, 0.2) is 0 Å². The summed E-state index contributed by atoms with van der Waals surface area (Å²) in [7, 11) is 0. The first-order valence-electron chi connectivity index (χ1n) is 7.92. The molecule has 0 aromatic heterocycles. The molecule has 0 aliphatic heterocycles. The third-order valence-corrected chi connectivity index (χ3v) is 4.48. The second-order valence-electron chi connectivity index (χ2n) is 5.95. The first-order chi connectivity index (χ1) is 9.70. The lowest BCUT2D eigenvalue weighted by Crippen LogP contribution is -2.47. The summed E-state index contributed by atoms with van der Waals surface area (Å²) in [6.45, 7) is 3.88. The Morgan fingerprint density at radius 1 is 1.25 bits per heavy atom. The SMILES string of the molecule is CCN(CC(O)C(N)Cc1ccccc1)C1CCCC1. The van der Waals surface area contributed by atoms with Crippen molar-refractivity contribution in [3.05, 3.63) is 35.9 Å². The molecule has 1 aromatic carbocycles. The quantitative estimate of drug-likeness (QED) is 0.802. The molecular formula is C17H28N2O. The van der Waals surface area contributed by atoms with Gasteiger partial charge in [-0.05, 0) is 31.4 Å². The zero-order valence-electron chi connectivity index (χ0n) is 12.5. The largest absolute Gasteiger partial charge is 0.390 e. The summed E-state index contributed by atoms with van der Waals surface area (Å²) in [5.41, 5.74) is 7.37. The summed E-state index contributed by atoms with van der Waals surface area (Å²) in [6, 6.07) is 10.6. The van der Waals surface area contributed by atoms with E-state index in [0.717, 1.165) is 13.0 Å². The molecule has 1 saturated carbocycles. The number of aliphatic hydroxyl groups is 1. The molecule has 0 heterocycles. The Balaban J connectivity index is 1.84. The van der Waals surface area contributed by atoms with Gasteiger partial charge in [0.05, 0.1) is 6.10 Å². The Labute approximate surface area is 122 Å². The molecule has 0 spiro atoms. The zero-order valence-corrected chi connectivity index (χ0v) is 12.5. The molecule has 0 bridgehead atoms. The van der Waals surface area contributed by atoms with Crippen molar-refractivity contribution in [2.45, 2.75) is 57.2 Å². The third kappa shape index (κ3) is 4.30. The molecule has 3 N–H and O–H groups in total. The fraction of sp³-hybridized carbons (Fsp3) is 0.647. The van der Waals surface area contributed by atoms with Crippen molar-refractivity contribution in [3.8, 4) is 0 Å². The summed E-state index contributed by atoms with van der Waals surface area (Å²) in [6.07, 6.45) is 5.49. The molecule has 0 amide bonds. The van der Waals surface area contributed by atoms with Crippen molar-refractivity contribution in [1.29, 1.82) is 0 Å². The van der Waals surface area contributed by atoms with Crippen LogP contribution < -0.4 is 5.73 Å². The van der Waals surface area contributed by atoms with Gasteiger partial charge in [-0.3, -0.25) is 4.90 Å². The second kappa shape index (κ2) is 7.77. The van der Waals surface area contributed by atoms with Crippen LogP contribution >= 0.6 is 0 Å². The molecule has 2 unspecified atom stereocenters. The van der Waals surface area contributed by atoms with Crippen molar-refractivity contribution < 1.29 is 5.11 Å². The van der Waals surface area contributed by atoms with Gasteiger partial charge in [0, 0.05) is 18.6 Å².